The molecule has 0 radical (unpaired) electrons. The Labute approximate surface area is 83.5 Å². The standard InChI is InChI=1S/C5H12N2O.C2H7N.2CH4/c1-6-4-3-5(8)7-2;1-3-2;;/h6H,3-4H2,1-2H3,(H,7,8);3H,1-2H3;2*1H4. The molecule has 84 valence electrons. The second-order valence-corrected chi connectivity index (χ2v) is 2.03. The summed E-state index contributed by atoms with van der Waals surface area (Å²) in [5, 5.41) is 8.14. The molecular weight excluding hydrogens is 166 g/mol. The summed E-state index contributed by atoms with van der Waals surface area (Å²) in [5.41, 5.74) is 0. The molecule has 0 aliphatic rings. The molecule has 0 spiro atoms. The van der Waals surface area contributed by atoms with Crippen LogP contribution in [-0.2, 0) is 4.79 Å². The Kier molecular flexibility index (Phi) is 39.5. The maximum absolute atomic E-state index is 10.4. The lowest BCUT2D eigenvalue weighted by Crippen LogP contribution is -2.22. The van der Waals surface area contributed by atoms with Gasteiger partial charge in [-0.3, -0.25) is 4.79 Å². The van der Waals surface area contributed by atoms with Crippen molar-refractivity contribution < 1.29 is 4.79 Å². The molecule has 0 saturated heterocycles. The molecule has 3 N–H and O–H groups in total. The van der Waals surface area contributed by atoms with Gasteiger partial charge in [0.1, 0.15) is 0 Å². The van der Waals surface area contributed by atoms with E-state index < -0.39 is 0 Å². The molecule has 0 aromatic heterocycles. The highest BCUT2D eigenvalue weighted by atomic mass is 16.1. The number of nitrogens with one attached hydrogen (secondary N) is 3. The van der Waals surface area contributed by atoms with Crippen molar-refractivity contribution in [1.29, 1.82) is 0 Å². The molecule has 4 nitrogen and oxygen atoms in total. The third-order valence-corrected chi connectivity index (χ3v) is 0.881. The number of hydrogen-bond acceptors (Lipinski definition) is 3. The molecule has 0 heterocycles. The molecule has 13 heavy (non-hydrogen) atoms. The molecule has 0 atom stereocenters. The molecule has 0 fully saturated rings. The van der Waals surface area contributed by atoms with E-state index in [-0.39, 0.29) is 20.8 Å². The third-order valence-electron chi connectivity index (χ3n) is 0.881. The number of rotatable bonds is 3. The van der Waals surface area contributed by atoms with Crippen LogP contribution in [0.15, 0.2) is 0 Å². The first-order valence-electron chi connectivity index (χ1n) is 3.66. The summed E-state index contributed by atoms with van der Waals surface area (Å²) in [6.07, 6.45) is 0.562. The van der Waals surface area contributed by atoms with Crippen LogP contribution in [0, 0.1) is 0 Å². The molecule has 4 heteroatoms. The lowest BCUT2D eigenvalue weighted by molar-refractivity contribution is -0.120. The molecule has 0 aromatic carbocycles. The minimum Gasteiger partial charge on any atom is -0.359 e. The van der Waals surface area contributed by atoms with Gasteiger partial charge in [-0.25, -0.2) is 0 Å². The van der Waals surface area contributed by atoms with Crippen LogP contribution in [0.1, 0.15) is 21.3 Å². The third kappa shape index (κ3) is 34.6. The molecule has 0 aliphatic heterocycles. The Morgan fingerprint density at radius 2 is 1.46 bits per heavy atom. The van der Waals surface area contributed by atoms with Crippen LogP contribution in [-0.4, -0.2) is 40.6 Å². The lowest BCUT2D eigenvalue weighted by atomic mass is 10.4. The van der Waals surface area contributed by atoms with Crippen molar-refractivity contribution in [3.63, 3.8) is 0 Å². The average Bonchev–Trinajstić information content (AvgIpc) is 2.02. The van der Waals surface area contributed by atoms with Crippen LogP contribution >= 0.6 is 0 Å². The van der Waals surface area contributed by atoms with Crippen LogP contribution in [0.4, 0.5) is 0 Å². The van der Waals surface area contributed by atoms with Gasteiger partial charge in [-0.15, -0.1) is 0 Å². The summed E-state index contributed by atoms with van der Waals surface area (Å²) >= 11 is 0. The van der Waals surface area contributed by atoms with E-state index in [1.54, 1.807) is 7.05 Å². The van der Waals surface area contributed by atoms with Gasteiger partial charge in [0.15, 0.2) is 0 Å². The fraction of sp³-hybridized carbons (Fsp3) is 0.889. The average molecular weight is 193 g/mol. The largest absolute Gasteiger partial charge is 0.359 e. The van der Waals surface area contributed by atoms with Gasteiger partial charge in [-0.2, -0.15) is 0 Å². The Hall–Kier alpha value is -0.610. The minimum absolute atomic E-state index is 0. The summed E-state index contributed by atoms with van der Waals surface area (Å²) < 4.78 is 0. The quantitative estimate of drug-likeness (QED) is 0.610. The van der Waals surface area contributed by atoms with Crippen LogP contribution < -0.4 is 16.0 Å². The van der Waals surface area contributed by atoms with Crippen LogP contribution in [0.3, 0.4) is 0 Å². The normalized spacial score (nSPS) is 6.77. The molecule has 0 aliphatic carbocycles. The van der Waals surface area contributed by atoms with E-state index in [0.29, 0.717) is 6.42 Å². The van der Waals surface area contributed by atoms with Crippen molar-refractivity contribution in [2.75, 3.05) is 34.7 Å². The Morgan fingerprint density at radius 3 is 1.69 bits per heavy atom. The molecule has 1 amide bonds. The van der Waals surface area contributed by atoms with E-state index in [1.807, 2.05) is 21.1 Å². The summed E-state index contributed by atoms with van der Waals surface area (Å²) in [4.78, 5) is 10.4. The van der Waals surface area contributed by atoms with E-state index in [2.05, 4.69) is 16.0 Å². The maximum Gasteiger partial charge on any atom is 0.221 e. The van der Waals surface area contributed by atoms with Gasteiger partial charge in [0, 0.05) is 20.0 Å². The minimum atomic E-state index is 0. The summed E-state index contributed by atoms with van der Waals surface area (Å²) in [6, 6.07) is 0. The first kappa shape index (κ1) is 22.8. The van der Waals surface area contributed by atoms with Gasteiger partial charge in [0.25, 0.3) is 0 Å². The monoisotopic (exact) mass is 193 g/mol. The van der Waals surface area contributed by atoms with Gasteiger partial charge < -0.3 is 16.0 Å². The van der Waals surface area contributed by atoms with E-state index >= 15 is 0 Å². The molecule has 0 saturated carbocycles. The highest BCUT2D eigenvalue weighted by molar-refractivity contribution is 5.75. The van der Waals surface area contributed by atoms with Crippen molar-refractivity contribution >= 4 is 5.91 Å². The number of amides is 1. The summed E-state index contributed by atoms with van der Waals surface area (Å²) in [6.45, 7) is 0.750. The van der Waals surface area contributed by atoms with Crippen molar-refractivity contribution in [1.82, 2.24) is 16.0 Å². The molecular formula is C9H27N3O. The van der Waals surface area contributed by atoms with Gasteiger partial charge >= 0.3 is 0 Å². The predicted molar refractivity (Wildman–Crippen MR) is 61.1 cm³/mol. The first-order chi connectivity index (χ1) is 5.22. The fourth-order valence-corrected chi connectivity index (χ4v) is 0.364. The topological polar surface area (TPSA) is 53.2 Å². The fourth-order valence-electron chi connectivity index (χ4n) is 0.364. The van der Waals surface area contributed by atoms with Crippen LogP contribution in [0.2, 0.25) is 0 Å². The second-order valence-electron chi connectivity index (χ2n) is 2.03. The zero-order valence-corrected chi connectivity index (χ0v) is 7.82. The number of hydrogen-bond donors (Lipinski definition) is 3. The molecule has 0 rings (SSSR count). The zero-order chi connectivity index (χ0) is 9.11. The predicted octanol–water partition coefficient (Wildman–Crippen LogP) is 0.450. The van der Waals surface area contributed by atoms with E-state index in [0.717, 1.165) is 6.54 Å². The molecule has 0 bridgehead atoms. The lowest BCUT2D eigenvalue weighted by Gasteiger charge is -1.95. The van der Waals surface area contributed by atoms with Crippen molar-refractivity contribution in [2.24, 2.45) is 0 Å². The first-order valence-corrected chi connectivity index (χ1v) is 3.66. The highest BCUT2D eigenvalue weighted by Crippen LogP contribution is 1.71. The van der Waals surface area contributed by atoms with Crippen molar-refractivity contribution in [3.05, 3.63) is 0 Å². The van der Waals surface area contributed by atoms with Crippen molar-refractivity contribution in [3.8, 4) is 0 Å². The zero-order valence-electron chi connectivity index (χ0n) is 7.82. The van der Waals surface area contributed by atoms with E-state index in [1.165, 1.54) is 0 Å². The van der Waals surface area contributed by atoms with Crippen LogP contribution in [0.25, 0.3) is 0 Å². The van der Waals surface area contributed by atoms with Gasteiger partial charge in [0.05, 0.1) is 0 Å². The Morgan fingerprint density at radius 1 is 1.08 bits per heavy atom. The molecule has 0 aromatic rings. The van der Waals surface area contributed by atoms with E-state index in [9.17, 15) is 4.79 Å². The highest BCUT2D eigenvalue weighted by Gasteiger charge is 1.92. The van der Waals surface area contributed by atoms with E-state index in [4.69, 9.17) is 0 Å². The SMILES string of the molecule is C.C.CNC.CNCCC(=O)NC. The van der Waals surface area contributed by atoms with Gasteiger partial charge in [-0.1, -0.05) is 14.9 Å². The smallest absolute Gasteiger partial charge is 0.221 e. The van der Waals surface area contributed by atoms with Gasteiger partial charge in [0.2, 0.25) is 5.91 Å². The Balaban J connectivity index is -0.0000000720. The summed E-state index contributed by atoms with van der Waals surface area (Å²) in [7, 11) is 7.21. The molecule has 0 unspecified atom stereocenters. The Bertz CT molecular complexity index is 86.9. The number of carbonyl (C=O) groups is 1. The van der Waals surface area contributed by atoms with Crippen molar-refractivity contribution in [2.45, 2.75) is 21.3 Å². The summed E-state index contributed by atoms with van der Waals surface area (Å²) in [5.74, 6) is 0.0827. The van der Waals surface area contributed by atoms with Gasteiger partial charge in [-0.05, 0) is 21.1 Å². The second kappa shape index (κ2) is 22.5. The maximum atomic E-state index is 10.4. The van der Waals surface area contributed by atoms with Crippen LogP contribution in [0.5, 0.6) is 0 Å². The number of carbonyl (C=O) groups excluding carboxylic acids is 1.